The quantitative estimate of drug-likeness (QED) is 0.604. The van der Waals surface area contributed by atoms with Crippen LogP contribution in [0.4, 0.5) is 5.95 Å². The van der Waals surface area contributed by atoms with Gasteiger partial charge in [0.25, 0.3) is 5.91 Å². The van der Waals surface area contributed by atoms with Crippen molar-refractivity contribution in [3.63, 3.8) is 0 Å². The molecule has 0 radical (unpaired) electrons. The Kier molecular flexibility index (Phi) is 8.01. The number of rotatable bonds is 10. The molecule has 1 aromatic heterocycles. The van der Waals surface area contributed by atoms with Crippen LogP contribution in [0.3, 0.4) is 0 Å². The Balaban J connectivity index is 1.98. The van der Waals surface area contributed by atoms with E-state index < -0.39 is 0 Å². The van der Waals surface area contributed by atoms with Gasteiger partial charge in [-0.15, -0.1) is 0 Å². The van der Waals surface area contributed by atoms with Crippen molar-refractivity contribution in [2.75, 3.05) is 46.7 Å². The molecule has 2 rings (SSSR count). The maximum absolute atomic E-state index is 12.5. The average Bonchev–Trinajstić information content (AvgIpc) is 2.68. The first-order valence-corrected chi connectivity index (χ1v) is 9.16. The summed E-state index contributed by atoms with van der Waals surface area (Å²) in [6.07, 6.45) is 0.963. The highest BCUT2D eigenvalue weighted by Gasteiger charge is 2.11. The van der Waals surface area contributed by atoms with Gasteiger partial charge in [0.2, 0.25) is 5.95 Å². The molecular formula is C20H29N5O3. The smallest absolute Gasteiger partial charge is 0.270 e. The Morgan fingerprint density at radius 2 is 1.86 bits per heavy atom. The minimum Gasteiger partial charge on any atom is -0.493 e. The maximum Gasteiger partial charge on any atom is 0.270 e. The van der Waals surface area contributed by atoms with E-state index in [0.29, 0.717) is 29.7 Å². The third kappa shape index (κ3) is 6.38. The van der Waals surface area contributed by atoms with E-state index in [2.05, 4.69) is 25.5 Å². The molecule has 1 heterocycles. The fourth-order valence-corrected chi connectivity index (χ4v) is 2.62. The highest BCUT2D eigenvalue weighted by atomic mass is 16.5. The third-order valence-electron chi connectivity index (χ3n) is 4.05. The molecule has 2 N–H and O–H groups in total. The van der Waals surface area contributed by atoms with Crippen LogP contribution in [0, 0.1) is 6.92 Å². The molecule has 8 heteroatoms. The summed E-state index contributed by atoms with van der Waals surface area (Å²) in [6.45, 7) is 3.91. The van der Waals surface area contributed by atoms with Crippen molar-refractivity contribution in [1.29, 1.82) is 0 Å². The normalized spacial score (nSPS) is 10.6. The standard InChI is InChI=1S/C20H29N5O3/c1-14-11-16(24-20(23-14)21-9-6-10-25(2)3)19(26)22-13-15-7-8-17(27-4)18(12-15)28-5/h7-8,11-12H,6,9-10,13H2,1-5H3,(H,22,26)(H,21,23,24). The van der Waals surface area contributed by atoms with Gasteiger partial charge in [0.05, 0.1) is 14.2 Å². The van der Waals surface area contributed by atoms with Crippen molar-refractivity contribution in [2.45, 2.75) is 19.9 Å². The molecule has 0 atom stereocenters. The lowest BCUT2D eigenvalue weighted by molar-refractivity contribution is 0.0945. The molecule has 0 bridgehead atoms. The van der Waals surface area contributed by atoms with Crippen LogP contribution in [-0.4, -0.2) is 62.2 Å². The largest absolute Gasteiger partial charge is 0.493 e. The summed E-state index contributed by atoms with van der Waals surface area (Å²) in [7, 11) is 7.23. The zero-order valence-corrected chi connectivity index (χ0v) is 17.2. The van der Waals surface area contributed by atoms with Gasteiger partial charge in [-0.05, 0) is 57.7 Å². The molecule has 0 saturated carbocycles. The van der Waals surface area contributed by atoms with Gasteiger partial charge in [-0.3, -0.25) is 4.79 Å². The monoisotopic (exact) mass is 387 g/mol. The van der Waals surface area contributed by atoms with Crippen molar-refractivity contribution in [1.82, 2.24) is 20.2 Å². The molecular weight excluding hydrogens is 358 g/mol. The Bertz CT molecular complexity index is 795. The summed E-state index contributed by atoms with van der Waals surface area (Å²) < 4.78 is 10.5. The summed E-state index contributed by atoms with van der Waals surface area (Å²) in [5.74, 6) is 1.48. The van der Waals surface area contributed by atoms with E-state index in [0.717, 1.165) is 30.8 Å². The number of carbonyl (C=O) groups is 1. The first-order valence-electron chi connectivity index (χ1n) is 9.16. The molecule has 0 saturated heterocycles. The lowest BCUT2D eigenvalue weighted by Gasteiger charge is -2.12. The van der Waals surface area contributed by atoms with Crippen LogP contribution in [0.2, 0.25) is 0 Å². The molecule has 0 aliphatic heterocycles. The Labute approximate surface area is 166 Å². The van der Waals surface area contributed by atoms with E-state index in [4.69, 9.17) is 9.47 Å². The SMILES string of the molecule is COc1ccc(CNC(=O)c2cc(C)nc(NCCCN(C)C)n2)cc1OC. The van der Waals surface area contributed by atoms with Gasteiger partial charge >= 0.3 is 0 Å². The number of methoxy groups -OCH3 is 2. The van der Waals surface area contributed by atoms with Crippen LogP contribution in [-0.2, 0) is 6.54 Å². The third-order valence-corrected chi connectivity index (χ3v) is 4.05. The molecule has 0 aliphatic rings. The second-order valence-corrected chi connectivity index (χ2v) is 6.67. The minimum absolute atomic E-state index is 0.253. The number of amides is 1. The van der Waals surface area contributed by atoms with Gasteiger partial charge < -0.3 is 25.0 Å². The van der Waals surface area contributed by atoms with Crippen LogP contribution in [0.25, 0.3) is 0 Å². The fraction of sp³-hybridized carbons (Fsp3) is 0.450. The Morgan fingerprint density at radius 1 is 1.11 bits per heavy atom. The molecule has 8 nitrogen and oxygen atoms in total. The number of nitrogens with zero attached hydrogens (tertiary/aromatic N) is 3. The zero-order valence-electron chi connectivity index (χ0n) is 17.2. The second-order valence-electron chi connectivity index (χ2n) is 6.67. The molecule has 28 heavy (non-hydrogen) atoms. The van der Waals surface area contributed by atoms with Crippen LogP contribution in [0.5, 0.6) is 11.5 Å². The summed E-state index contributed by atoms with van der Waals surface area (Å²) >= 11 is 0. The number of benzene rings is 1. The van der Waals surface area contributed by atoms with Crippen LogP contribution in [0.1, 0.15) is 28.2 Å². The van der Waals surface area contributed by atoms with Crippen molar-refractivity contribution < 1.29 is 14.3 Å². The van der Waals surface area contributed by atoms with Gasteiger partial charge in [0.15, 0.2) is 11.5 Å². The number of anilines is 1. The van der Waals surface area contributed by atoms with Gasteiger partial charge in [-0.2, -0.15) is 0 Å². The number of nitrogens with one attached hydrogen (secondary N) is 2. The van der Waals surface area contributed by atoms with Gasteiger partial charge in [-0.1, -0.05) is 6.07 Å². The highest BCUT2D eigenvalue weighted by molar-refractivity contribution is 5.92. The first kappa shape index (κ1) is 21.4. The minimum atomic E-state index is -0.253. The fourth-order valence-electron chi connectivity index (χ4n) is 2.62. The Hall–Kier alpha value is -2.87. The van der Waals surface area contributed by atoms with Gasteiger partial charge in [0, 0.05) is 18.8 Å². The van der Waals surface area contributed by atoms with E-state index in [1.54, 1.807) is 20.3 Å². The molecule has 2 aromatic rings. The number of ether oxygens (including phenoxy) is 2. The van der Waals surface area contributed by atoms with Gasteiger partial charge in [0.1, 0.15) is 5.69 Å². The molecule has 0 fully saturated rings. The average molecular weight is 387 g/mol. The molecule has 1 aromatic carbocycles. The topological polar surface area (TPSA) is 88.6 Å². The van der Waals surface area contributed by atoms with Crippen LogP contribution >= 0.6 is 0 Å². The zero-order chi connectivity index (χ0) is 20.5. The second kappa shape index (κ2) is 10.5. The van der Waals surface area contributed by atoms with Crippen LogP contribution in [0.15, 0.2) is 24.3 Å². The number of aryl methyl sites for hydroxylation is 1. The summed E-state index contributed by atoms with van der Waals surface area (Å²) in [5.41, 5.74) is 1.98. The molecule has 1 amide bonds. The van der Waals surface area contributed by atoms with E-state index >= 15 is 0 Å². The van der Waals surface area contributed by atoms with Crippen molar-refractivity contribution in [3.8, 4) is 11.5 Å². The van der Waals surface area contributed by atoms with E-state index in [9.17, 15) is 4.79 Å². The lowest BCUT2D eigenvalue weighted by atomic mass is 10.2. The van der Waals surface area contributed by atoms with Gasteiger partial charge in [-0.25, -0.2) is 9.97 Å². The van der Waals surface area contributed by atoms with E-state index in [1.807, 2.05) is 39.2 Å². The number of aromatic nitrogens is 2. The first-order chi connectivity index (χ1) is 13.4. The molecule has 152 valence electrons. The van der Waals surface area contributed by atoms with E-state index in [1.165, 1.54) is 0 Å². The predicted octanol–water partition coefficient (Wildman–Crippen LogP) is 2.10. The Morgan fingerprint density at radius 3 is 2.54 bits per heavy atom. The van der Waals surface area contributed by atoms with E-state index in [-0.39, 0.29) is 5.91 Å². The summed E-state index contributed by atoms with van der Waals surface area (Å²) in [4.78, 5) is 23.3. The number of hydrogen-bond donors (Lipinski definition) is 2. The molecule has 0 spiro atoms. The van der Waals surface area contributed by atoms with Crippen molar-refractivity contribution in [3.05, 3.63) is 41.2 Å². The summed E-state index contributed by atoms with van der Waals surface area (Å²) in [5, 5.41) is 6.06. The number of hydrogen-bond acceptors (Lipinski definition) is 7. The molecule has 0 unspecified atom stereocenters. The maximum atomic E-state index is 12.5. The lowest BCUT2D eigenvalue weighted by Crippen LogP contribution is -2.25. The highest BCUT2D eigenvalue weighted by Crippen LogP contribution is 2.27. The number of carbonyl (C=O) groups excluding carboxylic acids is 1. The molecule has 0 aliphatic carbocycles. The van der Waals surface area contributed by atoms with Crippen molar-refractivity contribution >= 4 is 11.9 Å². The van der Waals surface area contributed by atoms with Crippen LogP contribution < -0.4 is 20.1 Å². The summed E-state index contributed by atoms with van der Waals surface area (Å²) in [6, 6.07) is 7.20. The predicted molar refractivity (Wildman–Crippen MR) is 109 cm³/mol. The van der Waals surface area contributed by atoms with Crippen molar-refractivity contribution in [2.24, 2.45) is 0 Å².